The van der Waals surface area contributed by atoms with Crippen molar-refractivity contribution in [3.05, 3.63) is 42.0 Å². The Morgan fingerprint density at radius 3 is 2.29 bits per heavy atom. The number of carbonyl (C=O) groups is 1. The van der Waals surface area contributed by atoms with Crippen molar-refractivity contribution in [1.29, 1.82) is 10.5 Å². The molecule has 0 unspecified atom stereocenters. The van der Waals surface area contributed by atoms with Gasteiger partial charge in [0.15, 0.2) is 0 Å². The molecule has 17 heavy (non-hydrogen) atoms. The zero-order valence-electron chi connectivity index (χ0n) is 9.21. The predicted molar refractivity (Wildman–Crippen MR) is 63.3 cm³/mol. The molecule has 0 aliphatic carbocycles. The van der Waals surface area contributed by atoms with E-state index in [1.165, 1.54) is 11.0 Å². The van der Waals surface area contributed by atoms with Crippen LogP contribution < -0.4 is 0 Å². The summed E-state index contributed by atoms with van der Waals surface area (Å²) in [5.41, 5.74) is 0.898. The van der Waals surface area contributed by atoms with Crippen molar-refractivity contribution in [2.75, 3.05) is 13.1 Å². The average molecular weight is 225 g/mol. The summed E-state index contributed by atoms with van der Waals surface area (Å²) >= 11 is 0. The van der Waals surface area contributed by atoms with Crippen LogP contribution in [0, 0.1) is 22.7 Å². The van der Waals surface area contributed by atoms with Crippen LogP contribution in [-0.2, 0) is 4.79 Å². The zero-order chi connectivity index (χ0) is 12.5. The van der Waals surface area contributed by atoms with Crippen LogP contribution in [0.15, 0.2) is 36.4 Å². The minimum Gasteiger partial charge on any atom is -0.313 e. The van der Waals surface area contributed by atoms with Crippen molar-refractivity contribution < 1.29 is 4.79 Å². The lowest BCUT2D eigenvalue weighted by atomic mass is 10.2. The van der Waals surface area contributed by atoms with Gasteiger partial charge < -0.3 is 4.90 Å². The second-order valence-electron chi connectivity index (χ2n) is 3.25. The van der Waals surface area contributed by atoms with Gasteiger partial charge in [0.05, 0.1) is 12.1 Å². The molecule has 0 atom stereocenters. The van der Waals surface area contributed by atoms with Gasteiger partial charge in [-0.3, -0.25) is 4.79 Å². The smallest absolute Gasteiger partial charge is 0.248 e. The minimum absolute atomic E-state index is 0.0779. The van der Waals surface area contributed by atoms with Gasteiger partial charge in [-0.2, -0.15) is 10.5 Å². The van der Waals surface area contributed by atoms with Gasteiger partial charge in [-0.15, -0.1) is 0 Å². The highest BCUT2D eigenvalue weighted by Gasteiger charge is 2.08. The summed E-state index contributed by atoms with van der Waals surface area (Å²) in [6, 6.07) is 13.1. The van der Waals surface area contributed by atoms with Crippen molar-refractivity contribution in [2.45, 2.75) is 0 Å². The first-order valence-electron chi connectivity index (χ1n) is 5.04. The standard InChI is InChI=1S/C13H11N3O/c14-8-10-16(11-9-15)13(17)7-6-12-4-2-1-3-5-12/h1-7H,10-11H2/b7-6+. The number of benzene rings is 1. The number of amides is 1. The maximum atomic E-state index is 11.6. The summed E-state index contributed by atoms with van der Waals surface area (Å²) in [5.74, 6) is -0.336. The molecule has 1 rings (SSSR count). The number of rotatable bonds is 4. The summed E-state index contributed by atoms with van der Waals surface area (Å²) in [5, 5.41) is 17.0. The second kappa shape index (κ2) is 6.81. The molecule has 0 saturated carbocycles. The van der Waals surface area contributed by atoms with Crippen molar-refractivity contribution in [2.24, 2.45) is 0 Å². The van der Waals surface area contributed by atoms with Crippen LogP contribution >= 0.6 is 0 Å². The van der Waals surface area contributed by atoms with E-state index in [4.69, 9.17) is 10.5 Å². The SMILES string of the molecule is N#CCN(CC#N)C(=O)/C=C/c1ccccc1. The lowest BCUT2D eigenvalue weighted by molar-refractivity contribution is -0.124. The van der Waals surface area contributed by atoms with Crippen LogP contribution in [0.5, 0.6) is 0 Å². The molecule has 0 aliphatic heterocycles. The van der Waals surface area contributed by atoms with Gasteiger partial charge in [0.1, 0.15) is 13.1 Å². The molecule has 1 aromatic carbocycles. The van der Waals surface area contributed by atoms with E-state index in [-0.39, 0.29) is 19.0 Å². The molecule has 0 bridgehead atoms. The monoisotopic (exact) mass is 225 g/mol. The largest absolute Gasteiger partial charge is 0.313 e. The van der Waals surface area contributed by atoms with E-state index in [1.807, 2.05) is 42.5 Å². The summed E-state index contributed by atoms with van der Waals surface area (Å²) in [6.07, 6.45) is 3.02. The maximum Gasteiger partial charge on any atom is 0.248 e. The van der Waals surface area contributed by atoms with Crippen LogP contribution in [0.4, 0.5) is 0 Å². The molecule has 0 spiro atoms. The minimum atomic E-state index is -0.336. The predicted octanol–water partition coefficient (Wildman–Crippen LogP) is 1.58. The van der Waals surface area contributed by atoms with E-state index in [0.29, 0.717) is 0 Å². The van der Waals surface area contributed by atoms with Crippen LogP contribution in [-0.4, -0.2) is 23.9 Å². The van der Waals surface area contributed by atoms with Gasteiger partial charge in [0.2, 0.25) is 5.91 Å². The van der Waals surface area contributed by atoms with Crippen LogP contribution in [0.25, 0.3) is 6.08 Å². The lowest BCUT2D eigenvalue weighted by Gasteiger charge is -2.12. The Balaban J connectivity index is 2.68. The van der Waals surface area contributed by atoms with E-state index in [9.17, 15) is 4.79 Å². The molecule has 4 heteroatoms. The Labute approximate surface area is 100 Å². The molecule has 0 heterocycles. The van der Waals surface area contributed by atoms with Gasteiger partial charge in [-0.1, -0.05) is 30.3 Å². The average Bonchev–Trinajstić information content (AvgIpc) is 2.37. The first-order valence-corrected chi connectivity index (χ1v) is 5.04. The molecule has 0 fully saturated rings. The fourth-order valence-corrected chi connectivity index (χ4v) is 1.22. The van der Waals surface area contributed by atoms with E-state index < -0.39 is 0 Å². The summed E-state index contributed by atoms with van der Waals surface area (Å²) in [4.78, 5) is 12.8. The van der Waals surface area contributed by atoms with Crippen LogP contribution in [0.1, 0.15) is 5.56 Å². The second-order valence-corrected chi connectivity index (χ2v) is 3.25. The summed E-state index contributed by atoms with van der Waals surface area (Å²) in [6.45, 7) is -0.156. The van der Waals surface area contributed by atoms with Gasteiger partial charge in [-0.05, 0) is 11.6 Å². The highest BCUT2D eigenvalue weighted by atomic mass is 16.2. The highest BCUT2D eigenvalue weighted by Crippen LogP contribution is 2.01. The van der Waals surface area contributed by atoms with Crippen molar-refractivity contribution in [3.63, 3.8) is 0 Å². The van der Waals surface area contributed by atoms with Gasteiger partial charge in [0, 0.05) is 6.08 Å². The Hall–Kier alpha value is -2.59. The fraction of sp³-hybridized carbons (Fsp3) is 0.154. The molecule has 84 valence electrons. The molecular formula is C13H11N3O. The third kappa shape index (κ3) is 4.19. The quantitative estimate of drug-likeness (QED) is 0.577. The Morgan fingerprint density at radius 2 is 1.76 bits per heavy atom. The van der Waals surface area contributed by atoms with E-state index in [1.54, 1.807) is 6.08 Å². The molecular weight excluding hydrogens is 214 g/mol. The Morgan fingerprint density at radius 1 is 1.18 bits per heavy atom. The topological polar surface area (TPSA) is 67.9 Å². The highest BCUT2D eigenvalue weighted by molar-refractivity contribution is 5.92. The van der Waals surface area contributed by atoms with E-state index in [2.05, 4.69) is 0 Å². The molecule has 0 radical (unpaired) electrons. The first-order chi connectivity index (χ1) is 8.27. The molecule has 0 aliphatic rings. The number of nitrogens with zero attached hydrogens (tertiary/aromatic N) is 3. The van der Waals surface area contributed by atoms with Gasteiger partial charge in [0.25, 0.3) is 0 Å². The van der Waals surface area contributed by atoms with E-state index in [0.717, 1.165) is 5.56 Å². The van der Waals surface area contributed by atoms with Crippen molar-refractivity contribution in [3.8, 4) is 12.1 Å². The number of hydrogen-bond donors (Lipinski definition) is 0. The van der Waals surface area contributed by atoms with Crippen molar-refractivity contribution >= 4 is 12.0 Å². The van der Waals surface area contributed by atoms with Gasteiger partial charge >= 0.3 is 0 Å². The molecule has 4 nitrogen and oxygen atoms in total. The summed E-state index contributed by atoms with van der Waals surface area (Å²) in [7, 11) is 0. The third-order valence-corrected chi connectivity index (χ3v) is 2.05. The normalized spacial score (nSPS) is 9.53. The molecule has 0 saturated heterocycles. The number of nitriles is 2. The Bertz CT molecular complexity index is 464. The first kappa shape index (κ1) is 12.5. The Kier molecular flexibility index (Phi) is 5.00. The lowest BCUT2D eigenvalue weighted by Crippen LogP contribution is -2.30. The number of carbonyl (C=O) groups excluding carboxylic acids is 1. The molecule has 0 N–H and O–H groups in total. The van der Waals surface area contributed by atoms with Crippen LogP contribution in [0.3, 0.4) is 0 Å². The zero-order valence-corrected chi connectivity index (χ0v) is 9.21. The van der Waals surface area contributed by atoms with Gasteiger partial charge in [-0.25, -0.2) is 0 Å². The van der Waals surface area contributed by atoms with Crippen LogP contribution in [0.2, 0.25) is 0 Å². The number of hydrogen-bond acceptors (Lipinski definition) is 3. The third-order valence-electron chi connectivity index (χ3n) is 2.05. The van der Waals surface area contributed by atoms with E-state index >= 15 is 0 Å². The molecule has 1 aromatic rings. The molecule has 0 aromatic heterocycles. The summed E-state index contributed by atoms with van der Waals surface area (Å²) < 4.78 is 0. The fourth-order valence-electron chi connectivity index (χ4n) is 1.22. The maximum absolute atomic E-state index is 11.6. The van der Waals surface area contributed by atoms with Crippen molar-refractivity contribution in [1.82, 2.24) is 4.90 Å². The molecule has 1 amide bonds.